The van der Waals surface area contributed by atoms with Crippen molar-refractivity contribution in [3.63, 3.8) is 0 Å². The van der Waals surface area contributed by atoms with E-state index < -0.39 is 9.84 Å². The van der Waals surface area contributed by atoms with Crippen LogP contribution in [0.15, 0.2) is 30.3 Å². The number of hydrogen-bond acceptors (Lipinski definition) is 4. The van der Waals surface area contributed by atoms with Gasteiger partial charge in [0.25, 0.3) is 0 Å². The van der Waals surface area contributed by atoms with E-state index in [1.165, 1.54) is 11.8 Å². The Bertz CT molecular complexity index is 530. The zero-order valence-corrected chi connectivity index (χ0v) is 13.4. The number of sulfone groups is 1. The second-order valence-electron chi connectivity index (χ2n) is 5.95. The van der Waals surface area contributed by atoms with Crippen molar-refractivity contribution < 1.29 is 13.5 Å². The molecular formula is C16H25NO3S. The third-order valence-electron chi connectivity index (χ3n) is 4.34. The Labute approximate surface area is 127 Å². The Hall–Kier alpha value is -0.910. The number of rotatable bonds is 6. The molecule has 2 atom stereocenters. The predicted molar refractivity (Wildman–Crippen MR) is 84.8 cm³/mol. The molecule has 1 saturated carbocycles. The minimum Gasteiger partial charge on any atom is -0.395 e. The summed E-state index contributed by atoms with van der Waals surface area (Å²) in [5, 5.41) is 9.08. The maximum absolute atomic E-state index is 11.8. The summed E-state index contributed by atoms with van der Waals surface area (Å²) >= 11 is 0. The van der Waals surface area contributed by atoms with Crippen LogP contribution in [-0.2, 0) is 16.4 Å². The van der Waals surface area contributed by atoms with Gasteiger partial charge in [-0.3, -0.25) is 4.90 Å². The molecule has 1 aliphatic rings. The van der Waals surface area contributed by atoms with Crippen molar-refractivity contribution in [3.05, 3.63) is 35.9 Å². The topological polar surface area (TPSA) is 57.6 Å². The zero-order valence-electron chi connectivity index (χ0n) is 12.6. The molecule has 1 fully saturated rings. The molecule has 5 heteroatoms. The Morgan fingerprint density at radius 3 is 2.57 bits per heavy atom. The van der Waals surface area contributed by atoms with Gasteiger partial charge in [0.15, 0.2) is 0 Å². The van der Waals surface area contributed by atoms with Gasteiger partial charge in [-0.25, -0.2) is 8.42 Å². The SMILES string of the molecule is CS(=O)(=O)C1CCCC(N(CCO)Cc2ccccc2)C1. The summed E-state index contributed by atoms with van der Waals surface area (Å²) in [6.07, 6.45) is 4.75. The van der Waals surface area contributed by atoms with E-state index in [1.54, 1.807) is 0 Å². The van der Waals surface area contributed by atoms with Gasteiger partial charge in [0, 0.05) is 25.4 Å². The van der Waals surface area contributed by atoms with Crippen molar-refractivity contribution in [3.8, 4) is 0 Å². The first-order valence-corrected chi connectivity index (χ1v) is 9.54. The second kappa shape index (κ2) is 7.38. The molecule has 0 spiro atoms. The van der Waals surface area contributed by atoms with E-state index in [9.17, 15) is 13.5 Å². The van der Waals surface area contributed by atoms with E-state index >= 15 is 0 Å². The molecule has 0 saturated heterocycles. The number of hydrogen-bond donors (Lipinski definition) is 1. The van der Waals surface area contributed by atoms with Crippen molar-refractivity contribution in [1.82, 2.24) is 4.90 Å². The summed E-state index contributed by atoms with van der Waals surface area (Å²) in [7, 11) is -2.97. The quantitative estimate of drug-likeness (QED) is 0.871. The number of aliphatic hydroxyl groups is 1. The number of nitrogens with zero attached hydrogens (tertiary/aromatic N) is 1. The minimum atomic E-state index is -2.97. The van der Waals surface area contributed by atoms with Crippen LogP contribution < -0.4 is 0 Å². The first-order chi connectivity index (χ1) is 10.0. The fourth-order valence-electron chi connectivity index (χ4n) is 3.18. The molecule has 21 heavy (non-hydrogen) atoms. The summed E-state index contributed by atoms with van der Waals surface area (Å²) in [5.41, 5.74) is 1.20. The van der Waals surface area contributed by atoms with E-state index in [4.69, 9.17) is 0 Å². The Kier molecular flexibility index (Phi) is 5.79. The van der Waals surface area contributed by atoms with Crippen LogP contribution in [0.5, 0.6) is 0 Å². The largest absolute Gasteiger partial charge is 0.395 e. The molecule has 0 amide bonds. The van der Waals surface area contributed by atoms with Crippen LogP contribution in [0.1, 0.15) is 31.2 Å². The van der Waals surface area contributed by atoms with Gasteiger partial charge in [-0.1, -0.05) is 36.8 Å². The van der Waals surface area contributed by atoms with Crippen LogP contribution in [0.25, 0.3) is 0 Å². The highest BCUT2D eigenvalue weighted by Gasteiger charge is 2.31. The lowest BCUT2D eigenvalue weighted by molar-refractivity contribution is 0.118. The summed E-state index contributed by atoms with van der Waals surface area (Å²) in [6, 6.07) is 10.4. The standard InChI is InChI=1S/C16H25NO3S/c1-21(19,20)16-9-5-8-15(12-16)17(10-11-18)13-14-6-3-2-4-7-14/h2-4,6-7,15-16,18H,5,8-13H2,1H3. The van der Waals surface area contributed by atoms with Gasteiger partial charge in [0.1, 0.15) is 9.84 Å². The highest BCUT2D eigenvalue weighted by molar-refractivity contribution is 7.91. The van der Waals surface area contributed by atoms with Crippen molar-refractivity contribution in [1.29, 1.82) is 0 Å². The molecule has 4 nitrogen and oxygen atoms in total. The molecule has 1 aromatic rings. The first-order valence-electron chi connectivity index (χ1n) is 7.58. The fourth-order valence-corrected chi connectivity index (χ4v) is 4.34. The van der Waals surface area contributed by atoms with Crippen LogP contribution in [0.3, 0.4) is 0 Å². The van der Waals surface area contributed by atoms with Gasteiger partial charge in [0.05, 0.1) is 11.9 Å². The van der Waals surface area contributed by atoms with Gasteiger partial charge in [-0.05, 0) is 24.8 Å². The maximum Gasteiger partial charge on any atom is 0.150 e. The third kappa shape index (κ3) is 4.80. The van der Waals surface area contributed by atoms with Gasteiger partial charge < -0.3 is 5.11 Å². The van der Waals surface area contributed by atoms with Crippen LogP contribution in [0.4, 0.5) is 0 Å². The summed E-state index contributed by atoms with van der Waals surface area (Å²) in [5.74, 6) is 0. The van der Waals surface area contributed by atoms with Gasteiger partial charge >= 0.3 is 0 Å². The van der Waals surface area contributed by atoms with Crippen molar-refractivity contribution >= 4 is 9.84 Å². The maximum atomic E-state index is 11.8. The highest BCUT2D eigenvalue weighted by Crippen LogP contribution is 2.28. The molecule has 1 N–H and O–H groups in total. The monoisotopic (exact) mass is 311 g/mol. The van der Waals surface area contributed by atoms with E-state index in [0.717, 1.165) is 25.8 Å². The van der Waals surface area contributed by atoms with E-state index in [2.05, 4.69) is 17.0 Å². The summed E-state index contributed by atoms with van der Waals surface area (Å²) in [6.45, 7) is 1.46. The Morgan fingerprint density at radius 2 is 1.95 bits per heavy atom. The molecule has 1 aromatic carbocycles. The lowest BCUT2D eigenvalue weighted by Gasteiger charge is -2.36. The smallest absolute Gasteiger partial charge is 0.150 e. The first kappa shape index (κ1) is 16.5. The average molecular weight is 311 g/mol. The third-order valence-corrected chi connectivity index (χ3v) is 5.98. The number of benzene rings is 1. The summed E-state index contributed by atoms with van der Waals surface area (Å²) < 4.78 is 23.6. The molecule has 2 unspecified atom stereocenters. The van der Waals surface area contributed by atoms with Gasteiger partial charge in [0.2, 0.25) is 0 Å². The Balaban J connectivity index is 2.07. The highest BCUT2D eigenvalue weighted by atomic mass is 32.2. The van der Waals surface area contributed by atoms with E-state index in [1.807, 2.05) is 18.2 Å². The molecule has 0 aromatic heterocycles. The fraction of sp³-hybridized carbons (Fsp3) is 0.625. The lowest BCUT2D eigenvalue weighted by Crippen LogP contribution is -2.42. The molecule has 0 bridgehead atoms. The van der Waals surface area contributed by atoms with Crippen LogP contribution in [0.2, 0.25) is 0 Å². The van der Waals surface area contributed by atoms with Gasteiger partial charge in [-0.2, -0.15) is 0 Å². The molecule has 2 rings (SSSR count). The molecular weight excluding hydrogens is 286 g/mol. The summed E-state index contributed by atoms with van der Waals surface area (Å²) in [4.78, 5) is 2.23. The van der Waals surface area contributed by atoms with Crippen molar-refractivity contribution in [2.75, 3.05) is 19.4 Å². The Morgan fingerprint density at radius 1 is 1.24 bits per heavy atom. The average Bonchev–Trinajstić information content (AvgIpc) is 2.47. The van der Waals surface area contributed by atoms with Crippen LogP contribution in [-0.4, -0.2) is 49.1 Å². The van der Waals surface area contributed by atoms with E-state index in [0.29, 0.717) is 13.0 Å². The second-order valence-corrected chi connectivity index (χ2v) is 8.28. The predicted octanol–water partition coefficient (Wildman–Crippen LogP) is 1.84. The molecule has 118 valence electrons. The zero-order chi connectivity index (χ0) is 15.3. The molecule has 0 heterocycles. The molecule has 0 radical (unpaired) electrons. The van der Waals surface area contributed by atoms with Crippen molar-refractivity contribution in [2.24, 2.45) is 0 Å². The van der Waals surface area contributed by atoms with Gasteiger partial charge in [-0.15, -0.1) is 0 Å². The van der Waals surface area contributed by atoms with Crippen LogP contribution in [0, 0.1) is 0 Å². The minimum absolute atomic E-state index is 0.104. The molecule has 0 aliphatic heterocycles. The van der Waals surface area contributed by atoms with Crippen LogP contribution >= 0.6 is 0 Å². The van der Waals surface area contributed by atoms with E-state index in [-0.39, 0.29) is 17.9 Å². The number of aliphatic hydroxyl groups excluding tert-OH is 1. The molecule has 1 aliphatic carbocycles. The normalized spacial score (nSPS) is 23.4. The van der Waals surface area contributed by atoms with Crippen molar-refractivity contribution in [2.45, 2.75) is 43.5 Å². The lowest BCUT2D eigenvalue weighted by atomic mass is 9.93.